The number of aryl methyl sites for hydroxylation is 1. The number of Topliss-reactive ketones (excluding diaryl/α,β-unsaturated/α-hetero) is 1. The van der Waals surface area contributed by atoms with Crippen LogP contribution in [-0.2, 0) is 16.2 Å². The fourth-order valence-electron chi connectivity index (χ4n) is 3.99. The number of carbonyl (C=O) groups is 2. The summed E-state index contributed by atoms with van der Waals surface area (Å²) in [4.78, 5) is 29.1. The van der Waals surface area contributed by atoms with E-state index in [-0.39, 0.29) is 11.3 Å². The Hall–Kier alpha value is -3.84. The van der Waals surface area contributed by atoms with Gasteiger partial charge in [-0.2, -0.15) is 0 Å². The van der Waals surface area contributed by atoms with Crippen molar-refractivity contribution in [2.45, 2.75) is 19.6 Å². The SMILES string of the molecule is Cc1cccc(COc2ccc(/C(O)=C3/C(=O)C(=O)N(CCN(C)C)C3c3ccco3)cc2)c1. The number of likely N-dealkylation sites (N-methyl/N-ethyl adjacent to an activating group) is 1. The summed E-state index contributed by atoms with van der Waals surface area (Å²) in [7, 11) is 3.78. The number of rotatable bonds is 8. The predicted octanol–water partition coefficient (Wildman–Crippen LogP) is 4.15. The van der Waals surface area contributed by atoms with Gasteiger partial charge in [-0.05, 0) is 63.0 Å². The first-order chi connectivity index (χ1) is 16.3. The van der Waals surface area contributed by atoms with Crippen LogP contribution in [0, 0.1) is 6.92 Å². The highest BCUT2D eigenvalue weighted by atomic mass is 16.5. The molecule has 1 atom stereocenters. The third-order valence-corrected chi connectivity index (χ3v) is 5.76. The summed E-state index contributed by atoms with van der Waals surface area (Å²) in [5.74, 6) is -0.553. The normalized spacial score (nSPS) is 17.5. The maximum absolute atomic E-state index is 12.9. The van der Waals surface area contributed by atoms with Gasteiger partial charge in [-0.3, -0.25) is 9.59 Å². The monoisotopic (exact) mass is 460 g/mol. The van der Waals surface area contributed by atoms with E-state index in [1.165, 1.54) is 11.2 Å². The van der Waals surface area contributed by atoms with E-state index in [9.17, 15) is 14.7 Å². The zero-order chi connectivity index (χ0) is 24.2. The molecule has 34 heavy (non-hydrogen) atoms. The van der Waals surface area contributed by atoms with Gasteiger partial charge in [-0.25, -0.2) is 0 Å². The summed E-state index contributed by atoms with van der Waals surface area (Å²) < 4.78 is 11.4. The molecule has 1 unspecified atom stereocenters. The number of benzene rings is 2. The fraction of sp³-hybridized carbons (Fsp3) is 0.259. The molecule has 1 aliphatic rings. The van der Waals surface area contributed by atoms with E-state index in [0.717, 1.165) is 11.1 Å². The number of carbonyl (C=O) groups excluding carboxylic acids is 2. The van der Waals surface area contributed by atoms with Crippen LogP contribution in [-0.4, -0.2) is 53.8 Å². The molecule has 7 nitrogen and oxygen atoms in total. The summed E-state index contributed by atoms with van der Waals surface area (Å²) in [6, 6.07) is 17.5. The van der Waals surface area contributed by atoms with Crippen LogP contribution < -0.4 is 4.74 Å². The van der Waals surface area contributed by atoms with Crippen molar-refractivity contribution in [1.82, 2.24) is 9.80 Å². The number of nitrogens with zero attached hydrogens (tertiary/aromatic N) is 2. The fourth-order valence-corrected chi connectivity index (χ4v) is 3.99. The number of amides is 1. The second-order valence-corrected chi connectivity index (χ2v) is 8.61. The van der Waals surface area contributed by atoms with Crippen LogP contribution in [0.2, 0.25) is 0 Å². The highest BCUT2D eigenvalue weighted by Gasteiger charge is 2.47. The quantitative estimate of drug-likeness (QED) is 0.309. The summed E-state index contributed by atoms with van der Waals surface area (Å²) >= 11 is 0. The largest absolute Gasteiger partial charge is 0.507 e. The molecule has 1 N–H and O–H groups in total. The van der Waals surface area contributed by atoms with Crippen molar-refractivity contribution in [3.8, 4) is 5.75 Å². The van der Waals surface area contributed by atoms with Crippen LogP contribution >= 0.6 is 0 Å². The van der Waals surface area contributed by atoms with Crippen molar-refractivity contribution in [3.63, 3.8) is 0 Å². The van der Waals surface area contributed by atoms with Gasteiger partial charge >= 0.3 is 0 Å². The Morgan fingerprint density at radius 1 is 1.09 bits per heavy atom. The Morgan fingerprint density at radius 3 is 2.50 bits per heavy atom. The summed E-state index contributed by atoms with van der Waals surface area (Å²) in [6.45, 7) is 3.34. The van der Waals surface area contributed by atoms with Gasteiger partial charge in [0.05, 0.1) is 11.8 Å². The number of ether oxygens (including phenoxy) is 1. The Bertz CT molecular complexity index is 1200. The molecular formula is C27H28N2O5. The van der Waals surface area contributed by atoms with E-state index < -0.39 is 17.7 Å². The topological polar surface area (TPSA) is 83.2 Å². The summed E-state index contributed by atoms with van der Waals surface area (Å²) in [5, 5.41) is 11.1. The molecule has 1 aliphatic heterocycles. The van der Waals surface area contributed by atoms with Gasteiger partial charge in [-0.1, -0.05) is 29.8 Å². The average molecular weight is 461 g/mol. The Morgan fingerprint density at radius 2 is 1.85 bits per heavy atom. The van der Waals surface area contributed by atoms with E-state index >= 15 is 0 Å². The minimum Gasteiger partial charge on any atom is -0.507 e. The van der Waals surface area contributed by atoms with E-state index in [0.29, 0.717) is 36.8 Å². The number of furan rings is 1. The lowest BCUT2D eigenvalue weighted by Gasteiger charge is -2.24. The second-order valence-electron chi connectivity index (χ2n) is 8.61. The molecule has 0 bridgehead atoms. The van der Waals surface area contributed by atoms with Crippen LogP contribution in [0.15, 0.2) is 76.9 Å². The maximum atomic E-state index is 12.9. The Balaban J connectivity index is 1.60. The number of aliphatic hydroxyl groups is 1. The van der Waals surface area contributed by atoms with Crippen molar-refractivity contribution in [2.24, 2.45) is 0 Å². The van der Waals surface area contributed by atoms with Crippen molar-refractivity contribution in [2.75, 3.05) is 27.2 Å². The first-order valence-corrected chi connectivity index (χ1v) is 11.1. The third-order valence-electron chi connectivity index (χ3n) is 5.76. The average Bonchev–Trinajstić information content (AvgIpc) is 3.43. The lowest BCUT2D eigenvalue weighted by Crippen LogP contribution is -2.35. The molecule has 1 fully saturated rings. The van der Waals surface area contributed by atoms with Crippen LogP contribution in [0.3, 0.4) is 0 Å². The highest BCUT2D eigenvalue weighted by molar-refractivity contribution is 6.46. The molecule has 2 aromatic carbocycles. The van der Waals surface area contributed by atoms with Gasteiger partial charge in [-0.15, -0.1) is 0 Å². The van der Waals surface area contributed by atoms with E-state index in [2.05, 4.69) is 6.07 Å². The van der Waals surface area contributed by atoms with Crippen LogP contribution in [0.4, 0.5) is 0 Å². The predicted molar refractivity (Wildman–Crippen MR) is 128 cm³/mol. The molecule has 0 radical (unpaired) electrons. The standard InChI is InChI=1S/C27H28N2O5/c1-18-6-4-7-19(16-18)17-34-21-11-9-20(10-12-21)25(30)23-24(22-8-5-15-33-22)29(14-13-28(2)3)27(32)26(23)31/h4-12,15-16,24,30H,13-14,17H2,1-3H3/b25-23-. The molecule has 0 aliphatic carbocycles. The molecule has 4 rings (SSSR count). The zero-order valence-electron chi connectivity index (χ0n) is 19.5. The third kappa shape index (κ3) is 4.89. The van der Waals surface area contributed by atoms with Crippen molar-refractivity contribution in [1.29, 1.82) is 0 Å². The molecule has 1 saturated heterocycles. The van der Waals surface area contributed by atoms with Gasteiger partial charge in [0.25, 0.3) is 11.7 Å². The minimum absolute atomic E-state index is 0.0205. The number of hydrogen-bond donors (Lipinski definition) is 1. The van der Waals surface area contributed by atoms with Gasteiger partial charge in [0.1, 0.15) is 29.9 Å². The van der Waals surface area contributed by atoms with Crippen molar-refractivity contribution in [3.05, 3.63) is 95.0 Å². The molecule has 0 saturated carbocycles. The summed E-state index contributed by atoms with van der Waals surface area (Å²) in [5.41, 5.74) is 2.66. The lowest BCUT2D eigenvalue weighted by atomic mass is 9.99. The lowest BCUT2D eigenvalue weighted by molar-refractivity contribution is -0.140. The minimum atomic E-state index is -0.785. The van der Waals surface area contributed by atoms with E-state index in [1.807, 2.05) is 44.1 Å². The van der Waals surface area contributed by atoms with Crippen LogP contribution in [0.5, 0.6) is 5.75 Å². The molecule has 0 spiro atoms. The van der Waals surface area contributed by atoms with Gasteiger partial charge < -0.3 is 24.1 Å². The van der Waals surface area contributed by atoms with Crippen LogP contribution in [0.1, 0.15) is 28.5 Å². The Kier molecular flexibility index (Phi) is 6.84. The van der Waals surface area contributed by atoms with Gasteiger partial charge in [0.15, 0.2) is 0 Å². The molecule has 2 heterocycles. The molecule has 1 aromatic heterocycles. The zero-order valence-corrected chi connectivity index (χ0v) is 19.5. The summed E-state index contributed by atoms with van der Waals surface area (Å²) in [6.07, 6.45) is 1.49. The molecule has 7 heteroatoms. The van der Waals surface area contributed by atoms with Gasteiger partial charge in [0, 0.05) is 18.7 Å². The number of likely N-dealkylation sites (tertiary alicyclic amines) is 1. The maximum Gasteiger partial charge on any atom is 0.295 e. The molecule has 3 aromatic rings. The molecule has 176 valence electrons. The molecule has 1 amide bonds. The first-order valence-electron chi connectivity index (χ1n) is 11.1. The van der Waals surface area contributed by atoms with Gasteiger partial charge in [0.2, 0.25) is 0 Å². The van der Waals surface area contributed by atoms with Crippen LogP contribution in [0.25, 0.3) is 5.76 Å². The van der Waals surface area contributed by atoms with Crippen molar-refractivity contribution >= 4 is 17.4 Å². The number of hydrogen-bond acceptors (Lipinski definition) is 6. The first kappa shape index (κ1) is 23.3. The Labute approximate surface area is 198 Å². The van der Waals surface area contributed by atoms with E-state index in [1.54, 1.807) is 36.4 Å². The molecular weight excluding hydrogens is 432 g/mol. The highest BCUT2D eigenvalue weighted by Crippen LogP contribution is 2.39. The van der Waals surface area contributed by atoms with Crippen molar-refractivity contribution < 1.29 is 23.8 Å². The number of aliphatic hydroxyl groups excluding tert-OH is 1. The van der Waals surface area contributed by atoms with E-state index in [4.69, 9.17) is 9.15 Å². The second kappa shape index (κ2) is 9.97. The number of ketones is 1. The smallest absolute Gasteiger partial charge is 0.295 e.